The Hall–Kier alpha value is -1.39. The molecule has 1 amide bonds. The van der Waals surface area contributed by atoms with Gasteiger partial charge in [0.15, 0.2) is 0 Å². The van der Waals surface area contributed by atoms with Gasteiger partial charge in [-0.3, -0.25) is 9.69 Å². The van der Waals surface area contributed by atoms with E-state index in [1.165, 1.54) is 12.0 Å². The molecule has 1 aromatic rings. The Morgan fingerprint density at radius 2 is 2.00 bits per heavy atom. The average Bonchev–Trinajstić information content (AvgIpc) is 2.34. The van der Waals surface area contributed by atoms with Crippen LogP contribution in [0.1, 0.15) is 31.9 Å². The number of methoxy groups -OCH3 is 1. The van der Waals surface area contributed by atoms with Crippen LogP contribution in [0.2, 0.25) is 0 Å². The second-order valence-electron chi connectivity index (χ2n) is 5.62. The van der Waals surface area contributed by atoms with Gasteiger partial charge in [0.05, 0.1) is 5.69 Å². The summed E-state index contributed by atoms with van der Waals surface area (Å²) in [7, 11) is 1.53. The van der Waals surface area contributed by atoms with E-state index in [-0.39, 0.29) is 18.1 Å². The number of anilines is 1. The first-order chi connectivity index (χ1) is 8.82. The fraction of sp³-hybridized carbons (Fsp3) is 0.533. The fourth-order valence-electron chi connectivity index (χ4n) is 2.10. The third kappa shape index (κ3) is 3.55. The number of aliphatic hydroxyl groups is 1. The van der Waals surface area contributed by atoms with Crippen LogP contribution in [0.3, 0.4) is 0 Å². The molecule has 19 heavy (non-hydrogen) atoms. The van der Waals surface area contributed by atoms with Crippen molar-refractivity contribution < 1.29 is 14.6 Å². The number of hydrogen-bond donors (Lipinski definition) is 1. The van der Waals surface area contributed by atoms with Crippen LogP contribution in [0.5, 0.6) is 0 Å². The number of aliphatic hydroxyl groups excluding tert-OH is 1. The maximum Gasteiger partial charge on any atom is 0.254 e. The van der Waals surface area contributed by atoms with E-state index < -0.39 is 6.61 Å². The quantitative estimate of drug-likeness (QED) is 0.849. The number of nitrogens with zero attached hydrogens (tertiary/aromatic N) is 1. The second-order valence-corrected chi connectivity index (χ2v) is 5.62. The number of hydrogen-bond acceptors (Lipinski definition) is 3. The highest BCUT2D eigenvalue weighted by Crippen LogP contribution is 2.34. The van der Waals surface area contributed by atoms with Gasteiger partial charge in [0.2, 0.25) is 0 Å². The lowest BCUT2D eigenvalue weighted by Gasteiger charge is -2.30. The molecule has 0 radical (unpaired) electrons. The Morgan fingerprint density at radius 3 is 2.47 bits per heavy atom. The topological polar surface area (TPSA) is 49.8 Å². The Labute approximate surface area is 115 Å². The van der Waals surface area contributed by atoms with Gasteiger partial charge in [-0.2, -0.15) is 0 Å². The molecule has 0 bridgehead atoms. The molecule has 0 atom stereocenters. The predicted molar refractivity (Wildman–Crippen MR) is 76.3 cm³/mol. The molecule has 0 unspecified atom stereocenters. The van der Waals surface area contributed by atoms with E-state index in [1.807, 2.05) is 25.1 Å². The first-order valence-corrected chi connectivity index (χ1v) is 6.33. The molecule has 4 heteroatoms. The van der Waals surface area contributed by atoms with Gasteiger partial charge >= 0.3 is 0 Å². The van der Waals surface area contributed by atoms with Crippen molar-refractivity contribution in [3.05, 3.63) is 29.3 Å². The number of carbonyl (C=O) groups is 1. The molecular formula is C15H23NO3. The normalized spacial score (nSPS) is 11.5. The number of para-hydroxylation sites is 1. The Kier molecular flexibility index (Phi) is 5.09. The smallest absolute Gasteiger partial charge is 0.254 e. The number of amides is 1. The molecule has 1 N–H and O–H groups in total. The highest BCUT2D eigenvalue weighted by molar-refractivity contribution is 5.95. The summed E-state index contributed by atoms with van der Waals surface area (Å²) < 4.78 is 5.10. The molecule has 0 saturated heterocycles. The Bertz CT molecular complexity index is 449. The van der Waals surface area contributed by atoms with E-state index >= 15 is 0 Å². The van der Waals surface area contributed by atoms with Crippen molar-refractivity contribution in [2.75, 3.05) is 25.3 Å². The van der Waals surface area contributed by atoms with Gasteiger partial charge in [0, 0.05) is 7.11 Å². The van der Waals surface area contributed by atoms with Crippen molar-refractivity contribution in [1.29, 1.82) is 0 Å². The molecule has 0 spiro atoms. The monoisotopic (exact) mass is 265 g/mol. The number of rotatable bonds is 4. The molecule has 1 aromatic carbocycles. The van der Waals surface area contributed by atoms with Crippen molar-refractivity contribution in [1.82, 2.24) is 0 Å². The third-order valence-corrected chi connectivity index (χ3v) is 3.01. The zero-order chi connectivity index (χ0) is 14.6. The van der Waals surface area contributed by atoms with Gasteiger partial charge < -0.3 is 9.84 Å². The van der Waals surface area contributed by atoms with Gasteiger partial charge in [-0.15, -0.1) is 0 Å². The minimum absolute atomic E-state index is 0.0942. The van der Waals surface area contributed by atoms with Crippen LogP contribution < -0.4 is 4.90 Å². The summed E-state index contributed by atoms with van der Waals surface area (Å²) in [5.74, 6) is -0.360. The van der Waals surface area contributed by atoms with Crippen LogP contribution in [-0.2, 0) is 14.9 Å². The van der Waals surface area contributed by atoms with Gasteiger partial charge in [-0.25, -0.2) is 0 Å². The molecule has 4 nitrogen and oxygen atoms in total. The van der Waals surface area contributed by atoms with Crippen molar-refractivity contribution in [3.63, 3.8) is 0 Å². The Balaban J connectivity index is 3.40. The minimum Gasteiger partial charge on any atom is -0.387 e. The van der Waals surface area contributed by atoms with E-state index in [1.54, 1.807) is 0 Å². The molecular weight excluding hydrogens is 242 g/mol. The number of aryl methyl sites for hydroxylation is 1. The van der Waals surface area contributed by atoms with Crippen molar-refractivity contribution in [3.8, 4) is 0 Å². The summed E-state index contributed by atoms with van der Waals surface area (Å²) in [6.45, 7) is 7.85. The summed E-state index contributed by atoms with van der Waals surface area (Å²) in [5.41, 5.74) is 2.79. The lowest BCUT2D eigenvalue weighted by molar-refractivity contribution is -0.122. The lowest BCUT2D eigenvalue weighted by atomic mass is 9.84. The summed E-state index contributed by atoms with van der Waals surface area (Å²) in [6.07, 6.45) is 0. The van der Waals surface area contributed by atoms with E-state index in [2.05, 4.69) is 20.8 Å². The predicted octanol–water partition coefficient (Wildman–Crippen LogP) is 2.22. The first kappa shape index (κ1) is 15.7. The zero-order valence-electron chi connectivity index (χ0n) is 12.4. The third-order valence-electron chi connectivity index (χ3n) is 3.01. The van der Waals surface area contributed by atoms with Gasteiger partial charge in [-0.05, 0) is 23.5 Å². The summed E-state index contributed by atoms with van der Waals surface area (Å²) in [6, 6.07) is 5.95. The maximum atomic E-state index is 11.9. The van der Waals surface area contributed by atoms with E-state index in [0.717, 1.165) is 16.8 Å². The maximum absolute atomic E-state index is 11.9. The summed E-state index contributed by atoms with van der Waals surface area (Å²) >= 11 is 0. The second kappa shape index (κ2) is 6.17. The van der Waals surface area contributed by atoms with Crippen LogP contribution in [0.4, 0.5) is 5.69 Å². The zero-order valence-corrected chi connectivity index (χ0v) is 12.4. The molecule has 0 aliphatic rings. The standard InChI is InChI=1S/C15H23NO3/c1-11-7-6-8-12(15(2,3)4)14(11)16(10-19-5)13(18)9-17/h6-8,17H,9-10H2,1-5H3. The van der Waals surface area contributed by atoms with E-state index in [0.29, 0.717) is 0 Å². The first-order valence-electron chi connectivity index (χ1n) is 6.33. The van der Waals surface area contributed by atoms with E-state index in [9.17, 15) is 4.79 Å². The lowest BCUT2D eigenvalue weighted by Crippen LogP contribution is -2.37. The van der Waals surface area contributed by atoms with Gasteiger partial charge in [-0.1, -0.05) is 39.0 Å². The van der Waals surface area contributed by atoms with Crippen LogP contribution in [0.25, 0.3) is 0 Å². The van der Waals surface area contributed by atoms with Gasteiger partial charge in [0.1, 0.15) is 13.3 Å². The highest BCUT2D eigenvalue weighted by Gasteiger charge is 2.25. The Morgan fingerprint density at radius 1 is 1.37 bits per heavy atom. The number of ether oxygens (including phenoxy) is 1. The van der Waals surface area contributed by atoms with Crippen LogP contribution in [0, 0.1) is 6.92 Å². The molecule has 0 aliphatic heterocycles. The number of benzene rings is 1. The highest BCUT2D eigenvalue weighted by atomic mass is 16.5. The van der Waals surface area contributed by atoms with Gasteiger partial charge in [0.25, 0.3) is 5.91 Å². The average molecular weight is 265 g/mol. The van der Waals surface area contributed by atoms with Crippen molar-refractivity contribution in [2.24, 2.45) is 0 Å². The number of carbonyl (C=O) groups excluding carboxylic acids is 1. The summed E-state index contributed by atoms with van der Waals surface area (Å²) in [4.78, 5) is 13.4. The fourth-order valence-corrected chi connectivity index (χ4v) is 2.10. The largest absolute Gasteiger partial charge is 0.387 e. The molecule has 0 aromatic heterocycles. The van der Waals surface area contributed by atoms with Crippen LogP contribution >= 0.6 is 0 Å². The molecule has 1 rings (SSSR count). The molecule has 106 valence electrons. The van der Waals surface area contributed by atoms with Crippen molar-refractivity contribution in [2.45, 2.75) is 33.1 Å². The molecule has 0 aliphatic carbocycles. The van der Waals surface area contributed by atoms with Crippen LogP contribution in [-0.4, -0.2) is 31.5 Å². The minimum atomic E-state index is -0.527. The SMILES string of the molecule is COCN(C(=O)CO)c1c(C)cccc1C(C)(C)C. The molecule has 0 heterocycles. The van der Waals surface area contributed by atoms with E-state index in [4.69, 9.17) is 9.84 Å². The molecule has 0 saturated carbocycles. The van der Waals surface area contributed by atoms with Crippen LogP contribution in [0.15, 0.2) is 18.2 Å². The summed E-state index contributed by atoms with van der Waals surface area (Å²) in [5, 5.41) is 9.13. The molecule has 0 fully saturated rings. The van der Waals surface area contributed by atoms with Crippen molar-refractivity contribution >= 4 is 11.6 Å².